The predicted octanol–water partition coefficient (Wildman–Crippen LogP) is 6.65. The van der Waals surface area contributed by atoms with Crippen LogP contribution < -0.4 is 4.74 Å². The lowest BCUT2D eigenvalue weighted by Gasteiger charge is -2.35. The molecular formula is C26H32O3. The summed E-state index contributed by atoms with van der Waals surface area (Å²) in [6.45, 7) is 6.71. The van der Waals surface area contributed by atoms with Gasteiger partial charge < -0.3 is 9.47 Å². The summed E-state index contributed by atoms with van der Waals surface area (Å²) in [4.78, 5) is 11.8. The highest BCUT2D eigenvalue weighted by Crippen LogP contribution is 2.43. The lowest BCUT2D eigenvalue weighted by Crippen LogP contribution is -2.25. The number of esters is 1. The summed E-state index contributed by atoms with van der Waals surface area (Å²) in [6.07, 6.45) is 8.48. The molecule has 29 heavy (non-hydrogen) atoms. The van der Waals surface area contributed by atoms with Crippen LogP contribution in [0.4, 0.5) is 0 Å². The zero-order chi connectivity index (χ0) is 20.9. The van der Waals surface area contributed by atoms with Crippen LogP contribution in [0.1, 0.15) is 79.9 Å². The van der Waals surface area contributed by atoms with Gasteiger partial charge in [0.05, 0.1) is 19.3 Å². The first kappa shape index (κ1) is 21.2. The number of benzene rings is 2. The molecular weight excluding hydrogens is 360 g/mol. The topological polar surface area (TPSA) is 35.5 Å². The molecule has 2 aromatic carbocycles. The van der Waals surface area contributed by atoms with E-state index in [4.69, 9.17) is 9.47 Å². The molecule has 0 heterocycles. The van der Waals surface area contributed by atoms with E-state index in [9.17, 15) is 4.79 Å². The van der Waals surface area contributed by atoms with Gasteiger partial charge in [-0.15, -0.1) is 0 Å². The summed E-state index contributed by atoms with van der Waals surface area (Å²) >= 11 is 0. The standard InChI is InChI=1S/C26H32O3/c1-5-29-25(27)21-11-9-20(10-12-21)17-19(2)22-13-14-24(28-4)23(18-22)26(3)15-7-6-8-16-26/h9-14,17-18H,5-8,15-16H2,1-4H3. The highest BCUT2D eigenvalue weighted by Gasteiger charge is 2.31. The Kier molecular flexibility index (Phi) is 6.79. The van der Waals surface area contributed by atoms with Crippen LogP contribution in [0.2, 0.25) is 0 Å². The Morgan fingerprint density at radius 2 is 1.69 bits per heavy atom. The van der Waals surface area contributed by atoms with Gasteiger partial charge in [-0.2, -0.15) is 0 Å². The van der Waals surface area contributed by atoms with Crippen molar-refractivity contribution in [3.8, 4) is 5.75 Å². The molecule has 0 unspecified atom stereocenters. The number of hydrogen-bond acceptors (Lipinski definition) is 3. The van der Waals surface area contributed by atoms with Gasteiger partial charge in [-0.05, 0) is 73.1 Å². The number of allylic oxidation sites excluding steroid dienone is 1. The molecule has 0 amide bonds. The van der Waals surface area contributed by atoms with E-state index in [0.717, 1.165) is 11.3 Å². The van der Waals surface area contributed by atoms with Crippen LogP contribution >= 0.6 is 0 Å². The van der Waals surface area contributed by atoms with Crippen molar-refractivity contribution in [1.82, 2.24) is 0 Å². The first-order valence-electron chi connectivity index (χ1n) is 10.6. The minimum Gasteiger partial charge on any atom is -0.496 e. The van der Waals surface area contributed by atoms with Gasteiger partial charge in [-0.1, -0.05) is 50.5 Å². The number of ether oxygens (including phenoxy) is 2. The van der Waals surface area contributed by atoms with E-state index >= 15 is 0 Å². The van der Waals surface area contributed by atoms with Gasteiger partial charge in [0.15, 0.2) is 0 Å². The molecule has 2 aromatic rings. The smallest absolute Gasteiger partial charge is 0.338 e. The SMILES string of the molecule is CCOC(=O)c1ccc(C=C(C)c2ccc(OC)c(C3(C)CCCCC3)c2)cc1. The third kappa shape index (κ3) is 4.90. The summed E-state index contributed by atoms with van der Waals surface area (Å²) in [5.74, 6) is 0.713. The Morgan fingerprint density at radius 3 is 2.31 bits per heavy atom. The zero-order valence-electron chi connectivity index (χ0n) is 18.1. The van der Waals surface area contributed by atoms with Gasteiger partial charge >= 0.3 is 5.97 Å². The molecule has 0 radical (unpaired) electrons. The van der Waals surface area contributed by atoms with E-state index < -0.39 is 0 Å². The molecule has 3 nitrogen and oxygen atoms in total. The fraction of sp³-hybridized carbons (Fsp3) is 0.423. The van der Waals surface area contributed by atoms with Crippen LogP contribution in [0.25, 0.3) is 11.6 Å². The van der Waals surface area contributed by atoms with Crippen molar-refractivity contribution in [3.63, 3.8) is 0 Å². The van der Waals surface area contributed by atoms with Crippen molar-refractivity contribution < 1.29 is 14.3 Å². The molecule has 154 valence electrons. The molecule has 0 N–H and O–H groups in total. The molecule has 0 atom stereocenters. The van der Waals surface area contributed by atoms with E-state index in [1.54, 1.807) is 7.11 Å². The third-order valence-electron chi connectivity index (χ3n) is 6.07. The monoisotopic (exact) mass is 392 g/mol. The van der Waals surface area contributed by atoms with Gasteiger partial charge in [0.2, 0.25) is 0 Å². The van der Waals surface area contributed by atoms with E-state index in [-0.39, 0.29) is 11.4 Å². The number of methoxy groups -OCH3 is 1. The van der Waals surface area contributed by atoms with Crippen molar-refractivity contribution >= 4 is 17.6 Å². The van der Waals surface area contributed by atoms with Gasteiger partial charge in [-0.25, -0.2) is 4.79 Å². The Labute approximate surface area is 174 Å². The number of carbonyl (C=O) groups is 1. The molecule has 0 aromatic heterocycles. The second-order valence-corrected chi connectivity index (χ2v) is 8.21. The second-order valence-electron chi connectivity index (χ2n) is 8.21. The van der Waals surface area contributed by atoms with Crippen LogP contribution in [0.3, 0.4) is 0 Å². The molecule has 1 aliphatic carbocycles. The predicted molar refractivity (Wildman–Crippen MR) is 119 cm³/mol. The van der Waals surface area contributed by atoms with Gasteiger partial charge in [0, 0.05) is 5.56 Å². The first-order chi connectivity index (χ1) is 14.0. The van der Waals surface area contributed by atoms with Crippen LogP contribution in [-0.2, 0) is 10.2 Å². The van der Waals surface area contributed by atoms with Gasteiger partial charge in [0.25, 0.3) is 0 Å². The summed E-state index contributed by atoms with van der Waals surface area (Å²) in [5, 5.41) is 0. The molecule has 0 aliphatic heterocycles. The maximum Gasteiger partial charge on any atom is 0.338 e. The van der Waals surface area contributed by atoms with Gasteiger partial charge in [0.1, 0.15) is 5.75 Å². The Hall–Kier alpha value is -2.55. The van der Waals surface area contributed by atoms with Crippen LogP contribution in [0, 0.1) is 0 Å². The van der Waals surface area contributed by atoms with Gasteiger partial charge in [-0.3, -0.25) is 0 Å². The van der Waals surface area contributed by atoms with E-state index in [2.05, 4.69) is 38.1 Å². The fourth-order valence-corrected chi connectivity index (χ4v) is 4.29. The molecule has 1 fully saturated rings. The second kappa shape index (κ2) is 9.30. The van der Waals surface area contributed by atoms with Crippen molar-refractivity contribution in [2.45, 2.75) is 58.3 Å². The highest BCUT2D eigenvalue weighted by atomic mass is 16.5. The van der Waals surface area contributed by atoms with Crippen LogP contribution in [0.5, 0.6) is 5.75 Å². The number of carbonyl (C=O) groups excluding carboxylic acids is 1. The third-order valence-corrected chi connectivity index (χ3v) is 6.07. The summed E-state index contributed by atoms with van der Waals surface area (Å²) < 4.78 is 10.8. The Bertz CT molecular complexity index is 871. The van der Waals surface area contributed by atoms with Crippen molar-refractivity contribution in [1.29, 1.82) is 0 Å². The Morgan fingerprint density at radius 1 is 1.03 bits per heavy atom. The van der Waals surface area contributed by atoms with E-state index in [1.165, 1.54) is 48.8 Å². The lowest BCUT2D eigenvalue weighted by molar-refractivity contribution is 0.0526. The maximum absolute atomic E-state index is 11.8. The lowest BCUT2D eigenvalue weighted by atomic mass is 9.70. The largest absolute Gasteiger partial charge is 0.496 e. The minimum absolute atomic E-state index is 0.182. The molecule has 3 rings (SSSR count). The average molecular weight is 393 g/mol. The van der Waals surface area contributed by atoms with Crippen molar-refractivity contribution in [3.05, 3.63) is 64.7 Å². The number of rotatable bonds is 6. The summed E-state index contributed by atoms with van der Waals surface area (Å²) in [5.41, 5.74) is 5.55. The quantitative estimate of drug-likeness (QED) is 0.407. The first-order valence-corrected chi connectivity index (χ1v) is 10.6. The van der Waals surface area contributed by atoms with Crippen LogP contribution in [-0.4, -0.2) is 19.7 Å². The van der Waals surface area contributed by atoms with Crippen molar-refractivity contribution in [2.24, 2.45) is 0 Å². The van der Waals surface area contributed by atoms with E-state index in [1.807, 2.05) is 31.2 Å². The molecule has 1 aliphatic rings. The molecule has 0 spiro atoms. The molecule has 0 saturated heterocycles. The Balaban J connectivity index is 1.88. The molecule has 1 saturated carbocycles. The van der Waals surface area contributed by atoms with E-state index in [0.29, 0.717) is 12.2 Å². The zero-order valence-corrected chi connectivity index (χ0v) is 18.1. The fourth-order valence-electron chi connectivity index (χ4n) is 4.29. The highest BCUT2D eigenvalue weighted by molar-refractivity contribution is 5.90. The molecule has 3 heteroatoms. The maximum atomic E-state index is 11.8. The average Bonchev–Trinajstić information content (AvgIpc) is 2.74. The summed E-state index contributed by atoms with van der Waals surface area (Å²) in [7, 11) is 1.76. The minimum atomic E-state index is -0.278. The van der Waals surface area contributed by atoms with Crippen LogP contribution in [0.15, 0.2) is 42.5 Å². The molecule has 0 bridgehead atoms. The summed E-state index contributed by atoms with van der Waals surface area (Å²) in [6, 6.07) is 14.1. The van der Waals surface area contributed by atoms with Crippen molar-refractivity contribution in [2.75, 3.05) is 13.7 Å². The number of hydrogen-bond donors (Lipinski definition) is 0. The normalized spacial score (nSPS) is 16.3.